The number of anilines is 1. The third-order valence-electron chi connectivity index (χ3n) is 3.90. The summed E-state index contributed by atoms with van der Waals surface area (Å²) in [6.45, 7) is 3.10. The molecule has 0 aliphatic rings. The molecule has 0 aliphatic carbocycles. The molecule has 0 saturated carbocycles. The van der Waals surface area contributed by atoms with Gasteiger partial charge in [0.2, 0.25) is 0 Å². The number of aromatic nitrogens is 1. The smallest absolute Gasteiger partial charge is 0.341 e. The van der Waals surface area contributed by atoms with Gasteiger partial charge in [-0.05, 0) is 37.6 Å². The Morgan fingerprint density at radius 2 is 1.96 bits per heavy atom. The molecule has 1 aromatic heterocycles. The first kappa shape index (κ1) is 16.7. The second kappa shape index (κ2) is 6.76. The number of para-hydroxylation sites is 1. The summed E-state index contributed by atoms with van der Waals surface area (Å²) in [6.07, 6.45) is 0.526. The lowest BCUT2D eigenvalue weighted by Gasteiger charge is -2.13. The van der Waals surface area contributed by atoms with Gasteiger partial charge in [0.1, 0.15) is 5.82 Å². The molecule has 0 fully saturated rings. The van der Waals surface area contributed by atoms with Crippen LogP contribution in [0.2, 0.25) is 0 Å². The van der Waals surface area contributed by atoms with Crippen LogP contribution in [0.25, 0.3) is 10.9 Å². The summed E-state index contributed by atoms with van der Waals surface area (Å²) in [7, 11) is 0. The number of aromatic amines is 1. The Kier molecular flexibility index (Phi) is 4.52. The van der Waals surface area contributed by atoms with E-state index in [1.54, 1.807) is 31.3 Å². The van der Waals surface area contributed by atoms with Gasteiger partial charge in [-0.2, -0.15) is 0 Å². The maximum absolute atomic E-state index is 13.5. The monoisotopic (exact) mass is 340 g/mol. The second-order valence-corrected chi connectivity index (χ2v) is 5.75. The Balaban J connectivity index is 1.68. The molecule has 0 bridgehead atoms. The number of carbonyl (C=O) groups excluding carboxylic acids is 2. The van der Waals surface area contributed by atoms with Gasteiger partial charge in [-0.3, -0.25) is 4.79 Å². The molecule has 25 heavy (non-hydrogen) atoms. The molecule has 3 aromatic rings. The highest BCUT2D eigenvalue weighted by molar-refractivity contribution is 6.05. The minimum atomic E-state index is -1.02. The molecular weight excluding hydrogens is 323 g/mol. The van der Waals surface area contributed by atoms with Crippen LogP contribution >= 0.6 is 0 Å². The van der Waals surface area contributed by atoms with Gasteiger partial charge < -0.3 is 15.0 Å². The summed E-state index contributed by atoms with van der Waals surface area (Å²) < 4.78 is 18.8. The van der Waals surface area contributed by atoms with Crippen LogP contribution in [0.15, 0.2) is 48.7 Å². The average molecular weight is 340 g/mol. The van der Waals surface area contributed by atoms with Gasteiger partial charge in [0, 0.05) is 22.8 Å². The number of esters is 1. The number of fused-ring (bicyclic) bond motifs is 1. The number of hydrogen-bond acceptors (Lipinski definition) is 3. The van der Waals surface area contributed by atoms with Crippen molar-refractivity contribution in [2.24, 2.45) is 0 Å². The van der Waals surface area contributed by atoms with Gasteiger partial charge in [-0.15, -0.1) is 0 Å². The molecule has 128 valence electrons. The molecule has 2 N–H and O–H groups in total. The number of nitrogens with one attached hydrogen (secondary N) is 2. The number of H-pyrrole nitrogens is 1. The Morgan fingerprint density at radius 3 is 2.72 bits per heavy atom. The first-order valence-corrected chi connectivity index (χ1v) is 7.80. The van der Waals surface area contributed by atoms with E-state index in [1.165, 1.54) is 13.0 Å². The molecule has 0 radical (unpaired) electrons. The Morgan fingerprint density at radius 1 is 1.20 bits per heavy atom. The SMILES string of the molecule is Cc1ccc(NC(=O)[C@@H](C)OC(=O)c2c[nH]c3ccccc23)cc1F. The molecule has 0 saturated heterocycles. The summed E-state index contributed by atoms with van der Waals surface area (Å²) in [5, 5.41) is 3.26. The number of rotatable bonds is 4. The highest BCUT2D eigenvalue weighted by Crippen LogP contribution is 2.19. The topological polar surface area (TPSA) is 71.2 Å². The predicted octanol–water partition coefficient (Wildman–Crippen LogP) is 3.80. The molecule has 6 heteroatoms. The van der Waals surface area contributed by atoms with E-state index >= 15 is 0 Å². The normalized spacial score (nSPS) is 12.0. The summed E-state index contributed by atoms with van der Waals surface area (Å²) in [4.78, 5) is 27.4. The number of halogens is 1. The Hall–Kier alpha value is -3.15. The van der Waals surface area contributed by atoms with Crippen molar-refractivity contribution in [3.05, 3.63) is 65.6 Å². The third-order valence-corrected chi connectivity index (χ3v) is 3.90. The number of amides is 1. The number of carbonyl (C=O) groups is 2. The number of hydrogen-bond donors (Lipinski definition) is 2. The first-order valence-electron chi connectivity index (χ1n) is 7.80. The van der Waals surface area contributed by atoms with Gasteiger partial charge in [-0.25, -0.2) is 9.18 Å². The van der Waals surface area contributed by atoms with Gasteiger partial charge in [0.15, 0.2) is 6.10 Å². The summed E-state index contributed by atoms with van der Waals surface area (Å²) in [6, 6.07) is 11.7. The molecule has 1 amide bonds. The molecule has 0 unspecified atom stereocenters. The number of benzene rings is 2. The fourth-order valence-corrected chi connectivity index (χ4v) is 2.43. The average Bonchev–Trinajstić information content (AvgIpc) is 3.02. The van der Waals surface area contributed by atoms with Crippen molar-refractivity contribution >= 4 is 28.5 Å². The lowest BCUT2D eigenvalue weighted by atomic mass is 10.2. The minimum absolute atomic E-state index is 0.308. The van der Waals surface area contributed by atoms with Crippen LogP contribution in [-0.2, 0) is 9.53 Å². The predicted molar refractivity (Wildman–Crippen MR) is 92.9 cm³/mol. The lowest BCUT2D eigenvalue weighted by Crippen LogP contribution is -2.30. The standard InChI is InChI=1S/C19H17FN2O3/c1-11-7-8-13(9-16(11)20)22-18(23)12(2)25-19(24)15-10-21-17-6-4-3-5-14(15)17/h3-10,12,21H,1-2H3,(H,22,23)/t12-/m1/s1. The molecule has 0 aliphatic heterocycles. The molecule has 3 rings (SSSR count). The zero-order valence-corrected chi connectivity index (χ0v) is 13.8. The van der Waals surface area contributed by atoms with Crippen LogP contribution in [0.5, 0.6) is 0 Å². The number of ether oxygens (including phenoxy) is 1. The highest BCUT2D eigenvalue weighted by atomic mass is 19.1. The second-order valence-electron chi connectivity index (χ2n) is 5.75. The van der Waals surface area contributed by atoms with E-state index in [9.17, 15) is 14.0 Å². The summed E-state index contributed by atoms with van der Waals surface area (Å²) in [5.74, 6) is -1.55. The Bertz CT molecular complexity index is 949. The van der Waals surface area contributed by atoms with Crippen molar-refractivity contribution < 1.29 is 18.7 Å². The zero-order chi connectivity index (χ0) is 18.0. The maximum Gasteiger partial charge on any atom is 0.341 e. The van der Waals surface area contributed by atoms with Gasteiger partial charge in [0.25, 0.3) is 5.91 Å². The first-order chi connectivity index (χ1) is 12.0. The zero-order valence-electron chi connectivity index (χ0n) is 13.8. The molecule has 1 atom stereocenters. The highest BCUT2D eigenvalue weighted by Gasteiger charge is 2.21. The maximum atomic E-state index is 13.5. The third kappa shape index (κ3) is 3.52. The quantitative estimate of drug-likeness (QED) is 0.710. The fourth-order valence-electron chi connectivity index (χ4n) is 2.43. The van der Waals surface area contributed by atoms with Crippen LogP contribution in [0.3, 0.4) is 0 Å². The fraction of sp³-hybridized carbons (Fsp3) is 0.158. The Labute approximate surface area is 143 Å². The minimum Gasteiger partial charge on any atom is -0.449 e. The molecule has 5 nitrogen and oxygen atoms in total. The van der Waals surface area contributed by atoms with Crippen LogP contribution in [0.1, 0.15) is 22.8 Å². The van der Waals surface area contributed by atoms with Crippen LogP contribution < -0.4 is 5.32 Å². The van der Waals surface area contributed by atoms with Gasteiger partial charge in [-0.1, -0.05) is 24.3 Å². The van der Waals surface area contributed by atoms with Crippen molar-refractivity contribution in [1.29, 1.82) is 0 Å². The molecule has 1 heterocycles. The van der Waals surface area contributed by atoms with Crippen LogP contribution in [-0.4, -0.2) is 23.0 Å². The van der Waals surface area contributed by atoms with Crippen LogP contribution in [0, 0.1) is 12.7 Å². The van der Waals surface area contributed by atoms with E-state index < -0.39 is 23.8 Å². The molecule has 0 spiro atoms. The van der Waals surface area contributed by atoms with Gasteiger partial charge in [0.05, 0.1) is 5.56 Å². The largest absolute Gasteiger partial charge is 0.449 e. The van der Waals surface area contributed by atoms with Crippen molar-refractivity contribution in [2.75, 3.05) is 5.32 Å². The molecular formula is C19H17FN2O3. The van der Waals surface area contributed by atoms with Crippen molar-refractivity contribution in [1.82, 2.24) is 4.98 Å². The van der Waals surface area contributed by atoms with Crippen molar-refractivity contribution in [2.45, 2.75) is 20.0 Å². The van der Waals surface area contributed by atoms with E-state index in [0.29, 0.717) is 16.8 Å². The van der Waals surface area contributed by atoms with E-state index in [0.717, 1.165) is 10.9 Å². The van der Waals surface area contributed by atoms with E-state index in [-0.39, 0.29) is 0 Å². The van der Waals surface area contributed by atoms with Gasteiger partial charge >= 0.3 is 5.97 Å². The number of aryl methyl sites for hydroxylation is 1. The van der Waals surface area contributed by atoms with Crippen molar-refractivity contribution in [3.63, 3.8) is 0 Å². The summed E-state index contributed by atoms with van der Waals surface area (Å²) in [5.41, 5.74) is 1.96. The van der Waals surface area contributed by atoms with E-state index in [4.69, 9.17) is 4.74 Å². The molecule has 2 aromatic carbocycles. The van der Waals surface area contributed by atoms with E-state index in [2.05, 4.69) is 10.3 Å². The van der Waals surface area contributed by atoms with Crippen molar-refractivity contribution in [3.8, 4) is 0 Å². The van der Waals surface area contributed by atoms with E-state index in [1.807, 2.05) is 18.2 Å². The van der Waals surface area contributed by atoms with Crippen LogP contribution in [0.4, 0.5) is 10.1 Å². The summed E-state index contributed by atoms with van der Waals surface area (Å²) >= 11 is 0. The lowest BCUT2D eigenvalue weighted by molar-refractivity contribution is -0.123.